The Morgan fingerprint density at radius 1 is 1.36 bits per heavy atom. The second-order valence-electron chi connectivity index (χ2n) is 6.73. The molecule has 2 amide bonds. The Morgan fingerprint density at radius 2 is 2.00 bits per heavy atom. The number of nitrogens with one attached hydrogen (secondary N) is 1. The van der Waals surface area contributed by atoms with Crippen LogP contribution in [0.3, 0.4) is 0 Å². The van der Waals surface area contributed by atoms with E-state index in [0.717, 1.165) is 0 Å². The summed E-state index contributed by atoms with van der Waals surface area (Å²) in [7, 11) is 1.64. The number of aromatic nitrogens is 1. The zero-order chi connectivity index (χ0) is 18.4. The highest BCUT2D eigenvalue weighted by Gasteiger charge is 2.53. The van der Waals surface area contributed by atoms with Gasteiger partial charge in [-0.05, 0) is 37.6 Å². The second-order valence-corrected chi connectivity index (χ2v) is 6.73. The first-order chi connectivity index (χ1) is 11.7. The number of carbonyl (C=O) groups excluding carboxylic acids is 2. The topological polar surface area (TPSA) is 105 Å². The lowest BCUT2D eigenvalue weighted by Crippen LogP contribution is -2.54. The third-order valence-corrected chi connectivity index (χ3v) is 4.83. The highest BCUT2D eigenvalue weighted by molar-refractivity contribution is 5.95. The van der Waals surface area contributed by atoms with Gasteiger partial charge in [-0.15, -0.1) is 0 Å². The van der Waals surface area contributed by atoms with Crippen LogP contribution in [0.5, 0.6) is 0 Å². The maximum atomic E-state index is 12.4. The first-order valence-corrected chi connectivity index (χ1v) is 7.77. The van der Waals surface area contributed by atoms with E-state index in [0.29, 0.717) is 11.3 Å². The van der Waals surface area contributed by atoms with Crippen molar-refractivity contribution in [3.63, 3.8) is 0 Å². The average molecular weight is 342 g/mol. The predicted molar refractivity (Wildman–Crippen MR) is 88.8 cm³/mol. The molecule has 1 unspecified atom stereocenters. The van der Waals surface area contributed by atoms with Gasteiger partial charge in [-0.3, -0.25) is 30.0 Å². The number of carbonyl (C=O) groups is 2. The molecule has 0 spiro atoms. The number of nitrogens with zero attached hydrogens (tertiary/aromatic N) is 3. The van der Waals surface area contributed by atoms with Crippen molar-refractivity contribution in [1.29, 1.82) is 0 Å². The molecular weight excluding hydrogens is 324 g/mol. The molecule has 1 aromatic heterocycles. The van der Waals surface area contributed by atoms with Crippen LogP contribution in [-0.2, 0) is 4.79 Å². The van der Waals surface area contributed by atoms with Crippen LogP contribution in [0.4, 0.5) is 0 Å². The second kappa shape index (κ2) is 5.51. The number of allylic oxidation sites excluding steroid dienone is 1. The van der Waals surface area contributed by atoms with Crippen molar-refractivity contribution in [3.05, 3.63) is 63.6 Å². The molecule has 0 radical (unpaired) electrons. The van der Waals surface area contributed by atoms with Crippen molar-refractivity contribution in [2.75, 3.05) is 7.05 Å². The molecule has 0 saturated heterocycles. The summed E-state index contributed by atoms with van der Waals surface area (Å²) in [5.41, 5.74) is -1.05. The minimum atomic E-state index is -1.79. The Kier molecular flexibility index (Phi) is 3.70. The quantitative estimate of drug-likeness (QED) is 0.509. The molecular formula is C17H18N4O4. The standard InChI is InChI=1S/C17H18N4O4/c1-16(2)12-10-17(21(24)25,7-4-13(12)20(3)15(16)23)19-14(22)11-5-8-18-9-6-11/h4-9H,10H2,1-3H3,(H,19,22). The van der Waals surface area contributed by atoms with E-state index in [1.54, 1.807) is 27.0 Å². The Labute approximate surface area is 144 Å². The molecule has 2 heterocycles. The number of likely N-dealkylation sites (N-methyl/N-ethyl adjacent to an activating group) is 1. The number of nitro groups is 1. The minimum absolute atomic E-state index is 0.0638. The third-order valence-electron chi connectivity index (χ3n) is 4.83. The van der Waals surface area contributed by atoms with Gasteiger partial charge in [-0.1, -0.05) is 0 Å². The van der Waals surface area contributed by atoms with E-state index < -0.39 is 21.9 Å². The fourth-order valence-electron chi connectivity index (χ4n) is 3.28. The Balaban J connectivity index is 1.96. The predicted octanol–water partition coefficient (Wildman–Crippen LogP) is 1.50. The summed E-state index contributed by atoms with van der Waals surface area (Å²) in [6.45, 7) is 3.48. The van der Waals surface area contributed by atoms with Gasteiger partial charge in [0.15, 0.2) is 0 Å². The SMILES string of the molecule is CN1C(=O)C(C)(C)C2=C1C=CC(NC(=O)c1ccncc1)([N+](=O)[O-])C2. The normalized spacial score (nSPS) is 24.3. The van der Waals surface area contributed by atoms with E-state index in [9.17, 15) is 19.7 Å². The molecule has 0 bridgehead atoms. The van der Waals surface area contributed by atoms with Crippen LogP contribution in [0.25, 0.3) is 0 Å². The summed E-state index contributed by atoms with van der Waals surface area (Å²) in [5.74, 6) is -0.690. The molecule has 8 heteroatoms. The molecule has 130 valence electrons. The van der Waals surface area contributed by atoms with Crippen LogP contribution in [-0.4, -0.2) is 39.3 Å². The van der Waals surface area contributed by atoms with Crippen molar-refractivity contribution in [1.82, 2.24) is 15.2 Å². The molecule has 2 aliphatic rings. The van der Waals surface area contributed by atoms with Crippen molar-refractivity contribution in [2.24, 2.45) is 5.41 Å². The van der Waals surface area contributed by atoms with Crippen LogP contribution < -0.4 is 5.32 Å². The van der Waals surface area contributed by atoms with Crippen LogP contribution in [0, 0.1) is 15.5 Å². The monoisotopic (exact) mass is 342 g/mol. The van der Waals surface area contributed by atoms with Gasteiger partial charge in [0.25, 0.3) is 5.91 Å². The van der Waals surface area contributed by atoms with E-state index in [4.69, 9.17) is 0 Å². The number of hydrogen-bond donors (Lipinski definition) is 1. The van der Waals surface area contributed by atoms with Crippen LogP contribution in [0.2, 0.25) is 0 Å². The number of hydrogen-bond acceptors (Lipinski definition) is 5. The highest BCUT2D eigenvalue weighted by atomic mass is 16.6. The first-order valence-electron chi connectivity index (χ1n) is 7.77. The van der Waals surface area contributed by atoms with Crippen molar-refractivity contribution < 1.29 is 14.5 Å². The molecule has 8 nitrogen and oxygen atoms in total. The summed E-state index contributed by atoms with van der Waals surface area (Å²) in [4.78, 5) is 41.5. The van der Waals surface area contributed by atoms with Gasteiger partial charge in [0.2, 0.25) is 5.91 Å². The van der Waals surface area contributed by atoms with E-state index in [1.165, 1.54) is 35.5 Å². The molecule has 0 aromatic carbocycles. The lowest BCUT2D eigenvalue weighted by Gasteiger charge is -2.30. The van der Waals surface area contributed by atoms with Crippen LogP contribution >= 0.6 is 0 Å². The molecule has 0 fully saturated rings. The summed E-state index contributed by atoms with van der Waals surface area (Å²) in [5, 5.41) is 14.3. The largest absolute Gasteiger partial charge is 0.319 e. The number of rotatable bonds is 3. The van der Waals surface area contributed by atoms with Gasteiger partial charge in [-0.25, -0.2) is 0 Å². The van der Waals surface area contributed by atoms with Crippen LogP contribution in [0.1, 0.15) is 30.6 Å². The van der Waals surface area contributed by atoms with Crippen molar-refractivity contribution >= 4 is 11.8 Å². The average Bonchev–Trinajstić information content (AvgIpc) is 2.76. The first kappa shape index (κ1) is 16.8. The Bertz CT molecular complexity index is 828. The molecule has 25 heavy (non-hydrogen) atoms. The molecule has 0 saturated carbocycles. The smallest absolute Gasteiger partial charge is 0.315 e. The van der Waals surface area contributed by atoms with Gasteiger partial charge in [-0.2, -0.15) is 0 Å². The van der Waals surface area contributed by atoms with Crippen molar-refractivity contribution in [2.45, 2.75) is 25.9 Å². The fraction of sp³-hybridized carbons (Fsp3) is 0.353. The Morgan fingerprint density at radius 3 is 2.60 bits per heavy atom. The molecule has 1 aliphatic heterocycles. The Hall–Kier alpha value is -3.03. The zero-order valence-corrected chi connectivity index (χ0v) is 14.1. The zero-order valence-electron chi connectivity index (χ0n) is 14.1. The van der Waals surface area contributed by atoms with Crippen molar-refractivity contribution in [3.8, 4) is 0 Å². The van der Waals surface area contributed by atoms with Gasteiger partial charge < -0.3 is 4.90 Å². The summed E-state index contributed by atoms with van der Waals surface area (Å²) in [6.07, 6.45) is 5.71. The lowest BCUT2D eigenvalue weighted by molar-refractivity contribution is -0.560. The van der Waals surface area contributed by atoms with Gasteiger partial charge in [0.05, 0.1) is 16.8 Å². The lowest BCUT2D eigenvalue weighted by atomic mass is 9.78. The van der Waals surface area contributed by atoms with E-state index in [1.807, 2.05) is 0 Å². The molecule has 1 aromatic rings. The van der Waals surface area contributed by atoms with Gasteiger partial charge >= 0.3 is 5.66 Å². The summed E-state index contributed by atoms with van der Waals surface area (Å²) in [6, 6.07) is 2.97. The summed E-state index contributed by atoms with van der Waals surface area (Å²) < 4.78 is 0. The molecule has 1 N–H and O–H groups in total. The fourth-order valence-corrected chi connectivity index (χ4v) is 3.28. The highest BCUT2D eigenvalue weighted by Crippen LogP contribution is 2.46. The number of amides is 2. The molecule has 3 rings (SSSR count). The van der Waals surface area contributed by atoms with Gasteiger partial charge in [0, 0.05) is 36.8 Å². The molecule has 1 atom stereocenters. The number of pyridine rings is 1. The maximum Gasteiger partial charge on any atom is 0.319 e. The minimum Gasteiger partial charge on any atom is -0.315 e. The molecule has 1 aliphatic carbocycles. The van der Waals surface area contributed by atoms with Crippen LogP contribution in [0.15, 0.2) is 47.9 Å². The van der Waals surface area contributed by atoms with E-state index in [-0.39, 0.29) is 17.9 Å². The van der Waals surface area contributed by atoms with Gasteiger partial charge in [0.1, 0.15) is 0 Å². The summed E-state index contributed by atoms with van der Waals surface area (Å²) >= 11 is 0. The third kappa shape index (κ3) is 2.50. The van der Waals surface area contributed by atoms with E-state index in [2.05, 4.69) is 10.3 Å². The van der Waals surface area contributed by atoms with E-state index >= 15 is 0 Å². The maximum absolute atomic E-state index is 12.4.